The fourth-order valence-corrected chi connectivity index (χ4v) is 4.31. The van der Waals surface area contributed by atoms with Crippen molar-refractivity contribution in [3.05, 3.63) is 23.8 Å². The minimum atomic E-state index is -0.0867. The zero-order valence-corrected chi connectivity index (χ0v) is 15.9. The minimum Gasteiger partial charge on any atom is -0.350 e. The maximum absolute atomic E-state index is 12.6. The molecule has 0 unspecified atom stereocenters. The molecule has 0 spiro atoms. The third kappa shape index (κ3) is 4.55. The van der Waals surface area contributed by atoms with Crippen molar-refractivity contribution in [2.75, 3.05) is 30.7 Å². The largest absolute Gasteiger partial charge is 0.350 e. The number of carbonyl (C=O) groups excluding carboxylic acids is 2. The van der Waals surface area contributed by atoms with E-state index in [2.05, 4.69) is 29.4 Å². The predicted molar refractivity (Wildman–Crippen MR) is 102 cm³/mol. The second-order valence-corrected chi connectivity index (χ2v) is 8.54. The van der Waals surface area contributed by atoms with Gasteiger partial charge in [-0.05, 0) is 58.0 Å². The van der Waals surface area contributed by atoms with E-state index in [9.17, 15) is 9.59 Å². The van der Waals surface area contributed by atoms with Crippen molar-refractivity contribution in [1.82, 2.24) is 10.2 Å². The lowest BCUT2D eigenvalue weighted by molar-refractivity contribution is -0.115. The number of amides is 2. The zero-order chi connectivity index (χ0) is 17.9. The van der Waals surface area contributed by atoms with Crippen molar-refractivity contribution in [3.63, 3.8) is 0 Å². The first-order chi connectivity index (χ1) is 12.0. The summed E-state index contributed by atoms with van der Waals surface area (Å²) in [5.41, 5.74) is 1.29. The predicted octanol–water partition coefficient (Wildman–Crippen LogP) is 3.12. The molecule has 25 heavy (non-hydrogen) atoms. The Balaban J connectivity index is 1.64. The highest BCUT2D eigenvalue weighted by atomic mass is 32.2. The van der Waals surface area contributed by atoms with Crippen LogP contribution in [0.25, 0.3) is 0 Å². The van der Waals surface area contributed by atoms with Gasteiger partial charge in [-0.25, -0.2) is 0 Å². The Bertz CT molecular complexity index is 654. The highest BCUT2D eigenvalue weighted by molar-refractivity contribution is 7.99. The van der Waals surface area contributed by atoms with Gasteiger partial charge in [-0.3, -0.25) is 14.5 Å². The maximum atomic E-state index is 12.6. The van der Waals surface area contributed by atoms with Gasteiger partial charge in [-0.2, -0.15) is 0 Å². The van der Waals surface area contributed by atoms with Crippen LogP contribution in [0.2, 0.25) is 0 Å². The highest BCUT2D eigenvalue weighted by Crippen LogP contribution is 2.31. The third-order valence-corrected chi connectivity index (χ3v) is 6.07. The molecular weight excluding hydrogens is 334 g/mol. The van der Waals surface area contributed by atoms with Gasteiger partial charge in [0, 0.05) is 34.7 Å². The number of thioether (sulfide) groups is 1. The summed E-state index contributed by atoms with van der Waals surface area (Å²) < 4.78 is 0. The number of nitrogens with one attached hydrogen (secondary N) is 2. The van der Waals surface area contributed by atoms with E-state index in [1.165, 1.54) is 19.3 Å². The van der Waals surface area contributed by atoms with Crippen molar-refractivity contribution in [3.8, 4) is 0 Å². The van der Waals surface area contributed by atoms with Crippen LogP contribution in [0.5, 0.6) is 0 Å². The third-order valence-electron chi connectivity index (χ3n) is 5.00. The van der Waals surface area contributed by atoms with Gasteiger partial charge in [0.15, 0.2) is 0 Å². The summed E-state index contributed by atoms with van der Waals surface area (Å²) in [5, 5.41) is 5.96. The number of benzene rings is 1. The molecule has 2 aliphatic rings. The van der Waals surface area contributed by atoms with E-state index in [0.29, 0.717) is 18.5 Å². The topological polar surface area (TPSA) is 61.4 Å². The molecule has 0 saturated carbocycles. The lowest BCUT2D eigenvalue weighted by Crippen LogP contribution is -2.53. The Labute approximate surface area is 153 Å². The Morgan fingerprint density at radius 3 is 2.80 bits per heavy atom. The van der Waals surface area contributed by atoms with E-state index in [0.717, 1.165) is 29.4 Å². The van der Waals surface area contributed by atoms with Gasteiger partial charge in [-0.1, -0.05) is 6.42 Å². The molecule has 0 aliphatic carbocycles. The van der Waals surface area contributed by atoms with Gasteiger partial charge in [0.05, 0.1) is 5.69 Å². The second-order valence-electron chi connectivity index (χ2n) is 7.40. The van der Waals surface area contributed by atoms with Gasteiger partial charge >= 0.3 is 0 Å². The first kappa shape index (κ1) is 18.3. The molecule has 2 aliphatic heterocycles. The summed E-state index contributed by atoms with van der Waals surface area (Å²) in [5.74, 6) is 0.695. The maximum Gasteiger partial charge on any atom is 0.251 e. The lowest BCUT2D eigenvalue weighted by Gasteiger charge is -2.41. The molecule has 5 nitrogen and oxygen atoms in total. The first-order valence-corrected chi connectivity index (χ1v) is 10.0. The van der Waals surface area contributed by atoms with Gasteiger partial charge in [0.2, 0.25) is 5.91 Å². The molecule has 2 amide bonds. The van der Waals surface area contributed by atoms with Crippen molar-refractivity contribution in [1.29, 1.82) is 0 Å². The fourth-order valence-electron chi connectivity index (χ4n) is 3.37. The SMILES string of the molecule is CC(C)(CNC(=O)c1ccc2c(c1)NC(=O)CCS2)N1CCCCC1. The normalized spacial score (nSPS) is 18.9. The molecule has 0 radical (unpaired) electrons. The molecule has 1 aromatic rings. The molecule has 0 bridgehead atoms. The number of rotatable bonds is 4. The smallest absolute Gasteiger partial charge is 0.251 e. The van der Waals surface area contributed by atoms with E-state index in [4.69, 9.17) is 0 Å². The Morgan fingerprint density at radius 2 is 2.04 bits per heavy atom. The van der Waals surface area contributed by atoms with Gasteiger partial charge in [0.25, 0.3) is 5.91 Å². The highest BCUT2D eigenvalue weighted by Gasteiger charge is 2.28. The van der Waals surface area contributed by atoms with E-state index >= 15 is 0 Å². The second kappa shape index (κ2) is 7.79. The van der Waals surface area contributed by atoms with Gasteiger partial charge in [-0.15, -0.1) is 11.8 Å². The fraction of sp³-hybridized carbons (Fsp3) is 0.579. The van der Waals surface area contributed by atoms with E-state index in [1.54, 1.807) is 17.8 Å². The summed E-state index contributed by atoms with van der Waals surface area (Å²) >= 11 is 1.65. The molecule has 0 aromatic heterocycles. The van der Waals surface area contributed by atoms with E-state index in [-0.39, 0.29) is 17.4 Å². The Kier molecular flexibility index (Phi) is 5.69. The summed E-state index contributed by atoms with van der Waals surface area (Å²) in [6.45, 7) is 7.19. The molecule has 0 atom stereocenters. The van der Waals surface area contributed by atoms with Crippen LogP contribution in [0.15, 0.2) is 23.1 Å². The van der Waals surface area contributed by atoms with Crippen molar-refractivity contribution >= 4 is 29.3 Å². The average Bonchev–Trinajstić information content (AvgIpc) is 2.80. The van der Waals surface area contributed by atoms with Crippen molar-refractivity contribution in [2.45, 2.75) is 50.0 Å². The molecule has 1 aromatic carbocycles. The quantitative estimate of drug-likeness (QED) is 0.865. The van der Waals surface area contributed by atoms with Crippen molar-refractivity contribution < 1.29 is 9.59 Å². The van der Waals surface area contributed by atoms with Gasteiger partial charge < -0.3 is 10.6 Å². The van der Waals surface area contributed by atoms with Crippen LogP contribution < -0.4 is 10.6 Å². The Morgan fingerprint density at radius 1 is 1.28 bits per heavy atom. The number of nitrogens with zero attached hydrogens (tertiary/aromatic N) is 1. The van der Waals surface area contributed by atoms with Crippen LogP contribution in [0, 0.1) is 0 Å². The number of hydrogen-bond acceptors (Lipinski definition) is 4. The number of likely N-dealkylation sites (tertiary alicyclic amines) is 1. The molecule has 1 saturated heterocycles. The summed E-state index contributed by atoms with van der Waals surface area (Å²) in [7, 11) is 0. The van der Waals surface area contributed by atoms with Crippen LogP contribution in [-0.2, 0) is 4.79 Å². The number of anilines is 1. The Hall–Kier alpha value is -1.53. The minimum absolute atomic E-state index is 0.00930. The number of piperidine rings is 1. The van der Waals surface area contributed by atoms with Crippen LogP contribution in [0.4, 0.5) is 5.69 Å². The molecule has 2 heterocycles. The van der Waals surface area contributed by atoms with E-state index in [1.807, 2.05) is 12.1 Å². The van der Waals surface area contributed by atoms with Crippen LogP contribution in [0.1, 0.15) is 49.9 Å². The number of carbonyl (C=O) groups is 2. The molecule has 1 fully saturated rings. The zero-order valence-electron chi connectivity index (χ0n) is 15.1. The first-order valence-electron chi connectivity index (χ1n) is 9.06. The lowest BCUT2D eigenvalue weighted by atomic mass is 9.98. The molecule has 2 N–H and O–H groups in total. The molecular formula is C19H27N3O2S. The van der Waals surface area contributed by atoms with Crippen LogP contribution in [0.3, 0.4) is 0 Å². The average molecular weight is 362 g/mol. The standard InChI is InChI=1S/C19H27N3O2S/c1-19(2,22-9-4-3-5-10-22)13-20-18(24)14-6-7-16-15(12-14)21-17(23)8-11-25-16/h6-7,12H,3-5,8-11,13H2,1-2H3,(H,20,24)(H,21,23). The van der Waals surface area contributed by atoms with Crippen LogP contribution in [-0.4, -0.2) is 47.6 Å². The van der Waals surface area contributed by atoms with Crippen molar-refractivity contribution in [2.24, 2.45) is 0 Å². The summed E-state index contributed by atoms with van der Waals surface area (Å²) in [6.07, 6.45) is 4.28. The number of hydrogen-bond donors (Lipinski definition) is 2. The van der Waals surface area contributed by atoms with Crippen LogP contribution >= 0.6 is 11.8 Å². The van der Waals surface area contributed by atoms with Gasteiger partial charge in [0.1, 0.15) is 0 Å². The molecule has 3 rings (SSSR count). The number of fused-ring (bicyclic) bond motifs is 1. The summed E-state index contributed by atoms with van der Waals surface area (Å²) in [4.78, 5) is 27.8. The summed E-state index contributed by atoms with van der Waals surface area (Å²) in [6, 6.07) is 5.55. The molecule has 6 heteroatoms. The van der Waals surface area contributed by atoms with E-state index < -0.39 is 0 Å². The monoisotopic (exact) mass is 361 g/mol. The molecule has 136 valence electrons.